The van der Waals surface area contributed by atoms with Crippen molar-refractivity contribution in [2.75, 3.05) is 6.54 Å². The van der Waals surface area contributed by atoms with E-state index >= 15 is 0 Å². The van der Waals surface area contributed by atoms with Gasteiger partial charge in [0.05, 0.1) is 12.3 Å². The van der Waals surface area contributed by atoms with Gasteiger partial charge in [0.2, 0.25) is 0 Å². The van der Waals surface area contributed by atoms with E-state index in [9.17, 15) is 4.79 Å². The Morgan fingerprint density at radius 3 is 3.04 bits per heavy atom. The molecular weight excluding hydrogens is 340 g/mol. The summed E-state index contributed by atoms with van der Waals surface area (Å²) >= 11 is 6.42. The highest BCUT2D eigenvalue weighted by molar-refractivity contribution is 6.36. The zero-order chi connectivity index (χ0) is 17.4. The first-order valence-electron chi connectivity index (χ1n) is 8.50. The Labute approximate surface area is 150 Å². The average molecular weight is 359 g/mol. The van der Waals surface area contributed by atoms with Gasteiger partial charge >= 0.3 is 0 Å². The van der Waals surface area contributed by atoms with E-state index < -0.39 is 0 Å². The van der Waals surface area contributed by atoms with E-state index in [0.29, 0.717) is 17.2 Å². The van der Waals surface area contributed by atoms with Crippen LogP contribution in [0.5, 0.6) is 0 Å². The first kappa shape index (κ1) is 16.1. The molecule has 3 aromatic rings. The maximum atomic E-state index is 13.2. The normalized spacial score (nSPS) is 18.5. The lowest BCUT2D eigenvalue weighted by atomic mass is 10.1. The standard InChI is InChI=1S/C18H19ClN4O2/c1-12-10-20-17-15(19)16(21-23(17)11-12)18(24)22-8-4-2-3-6-13(22)14-7-5-9-25-14/h5,7,9-11,13H,2-4,6,8H2,1H3/t13-/m0/s1. The Bertz CT molecular complexity index is 903. The second kappa shape index (κ2) is 6.52. The fraction of sp³-hybridized carbons (Fsp3) is 0.389. The quantitative estimate of drug-likeness (QED) is 0.693. The second-order valence-corrected chi connectivity index (χ2v) is 6.82. The highest BCUT2D eigenvalue weighted by atomic mass is 35.5. The molecule has 0 N–H and O–H groups in total. The van der Waals surface area contributed by atoms with Crippen molar-refractivity contribution in [2.45, 2.75) is 38.6 Å². The molecule has 0 radical (unpaired) electrons. The fourth-order valence-corrected chi connectivity index (χ4v) is 3.66. The van der Waals surface area contributed by atoms with Gasteiger partial charge in [-0.3, -0.25) is 4.79 Å². The van der Waals surface area contributed by atoms with Crippen LogP contribution in [-0.4, -0.2) is 31.9 Å². The molecule has 4 rings (SSSR count). The van der Waals surface area contributed by atoms with Crippen molar-refractivity contribution in [3.8, 4) is 0 Å². The van der Waals surface area contributed by atoms with Gasteiger partial charge < -0.3 is 9.32 Å². The van der Waals surface area contributed by atoms with Crippen LogP contribution in [0, 0.1) is 6.92 Å². The largest absolute Gasteiger partial charge is 0.467 e. The monoisotopic (exact) mass is 358 g/mol. The number of rotatable bonds is 2. The second-order valence-electron chi connectivity index (χ2n) is 6.44. The smallest absolute Gasteiger partial charge is 0.276 e. The van der Waals surface area contributed by atoms with E-state index in [1.165, 1.54) is 0 Å². The molecule has 1 aliphatic rings. The van der Waals surface area contributed by atoms with Crippen LogP contribution in [0.2, 0.25) is 5.02 Å². The molecule has 0 aliphatic carbocycles. The summed E-state index contributed by atoms with van der Waals surface area (Å²) in [5.41, 5.74) is 1.70. The molecule has 130 valence electrons. The zero-order valence-corrected chi connectivity index (χ0v) is 14.7. The van der Waals surface area contributed by atoms with Crippen LogP contribution in [-0.2, 0) is 0 Å². The van der Waals surface area contributed by atoms with Crippen molar-refractivity contribution in [2.24, 2.45) is 0 Å². The third kappa shape index (κ3) is 2.91. The Morgan fingerprint density at radius 2 is 2.24 bits per heavy atom. The van der Waals surface area contributed by atoms with Crippen LogP contribution in [0.3, 0.4) is 0 Å². The molecule has 1 aliphatic heterocycles. The van der Waals surface area contributed by atoms with Gasteiger partial charge in [-0.1, -0.05) is 24.4 Å². The maximum Gasteiger partial charge on any atom is 0.276 e. The number of hydrogen-bond donors (Lipinski definition) is 0. The minimum Gasteiger partial charge on any atom is -0.467 e. The van der Waals surface area contributed by atoms with Crippen LogP contribution >= 0.6 is 11.6 Å². The first-order valence-corrected chi connectivity index (χ1v) is 8.88. The Balaban J connectivity index is 1.74. The lowest BCUT2D eigenvalue weighted by Crippen LogP contribution is -2.35. The van der Waals surface area contributed by atoms with E-state index in [4.69, 9.17) is 16.0 Å². The highest BCUT2D eigenvalue weighted by Crippen LogP contribution is 2.33. The Morgan fingerprint density at radius 1 is 1.36 bits per heavy atom. The molecular formula is C18H19ClN4O2. The summed E-state index contributed by atoms with van der Waals surface area (Å²) in [6, 6.07) is 3.69. The number of halogens is 1. The number of aromatic nitrogens is 3. The molecule has 1 saturated heterocycles. The lowest BCUT2D eigenvalue weighted by molar-refractivity contribution is 0.0652. The number of carbonyl (C=O) groups excluding carboxylic acids is 1. The molecule has 1 amide bonds. The van der Waals surface area contributed by atoms with Gasteiger partial charge in [0.25, 0.3) is 5.91 Å². The number of likely N-dealkylation sites (tertiary alicyclic amines) is 1. The summed E-state index contributed by atoms with van der Waals surface area (Å²) in [6.45, 7) is 2.59. The molecule has 4 heterocycles. The minimum absolute atomic E-state index is 0.0828. The van der Waals surface area contributed by atoms with Crippen LogP contribution in [0.4, 0.5) is 0 Å². The van der Waals surface area contributed by atoms with Crippen molar-refractivity contribution in [3.05, 3.63) is 52.8 Å². The molecule has 0 aromatic carbocycles. The molecule has 0 saturated carbocycles. The molecule has 25 heavy (non-hydrogen) atoms. The predicted molar refractivity (Wildman–Crippen MR) is 93.7 cm³/mol. The molecule has 1 atom stereocenters. The van der Waals surface area contributed by atoms with Crippen LogP contribution in [0.25, 0.3) is 5.65 Å². The fourth-order valence-electron chi connectivity index (χ4n) is 3.40. The number of fused-ring (bicyclic) bond motifs is 1. The summed E-state index contributed by atoms with van der Waals surface area (Å²) in [4.78, 5) is 19.4. The van der Waals surface area contributed by atoms with Crippen LogP contribution in [0.15, 0.2) is 35.2 Å². The summed E-state index contributed by atoms with van der Waals surface area (Å²) in [5.74, 6) is 0.639. The van der Waals surface area contributed by atoms with E-state index in [2.05, 4.69) is 10.1 Å². The first-order chi connectivity index (χ1) is 12.1. The van der Waals surface area contributed by atoms with Crippen molar-refractivity contribution in [3.63, 3.8) is 0 Å². The number of amides is 1. The van der Waals surface area contributed by atoms with Crippen molar-refractivity contribution >= 4 is 23.2 Å². The number of furan rings is 1. The summed E-state index contributed by atoms with van der Waals surface area (Å²) in [6.07, 6.45) is 9.18. The summed E-state index contributed by atoms with van der Waals surface area (Å²) < 4.78 is 7.16. The summed E-state index contributed by atoms with van der Waals surface area (Å²) in [7, 11) is 0. The Kier molecular flexibility index (Phi) is 4.21. The van der Waals surface area contributed by atoms with Crippen LogP contribution in [0.1, 0.15) is 53.5 Å². The minimum atomic E-state index is -0.170. The van der Waals surface area contributed by atoms with Crippen molar-refractivity contribution < 1.29 is 9.21 Å². The average Bonchev–Trinajstić information content (AvgIpc) is 3.16. The number of carbonyl (C=O) groups is 1. The van der Waals surface area contributed by atoms with Gasteiger partial charge in [0, 0.05) is 18.9 Å². The topological polar surface area (TPSA) is 63.6 Å². The van der Waals surface area contributed by atoms with Gasteiger partial charge in [0.1, 0.15) is 10.8 Å². The van der Waals surface area contributed by atoms with E-state index in [1.54, 1.807) is 17.0 Å². The SMILES string of the molecule is Cc1cnc2c(Cl)c(C(=O)N3CCCCC[C@H]3c3ccco3)nn2c1. The van der Waals surface area contributed by atoms with Gasteiger partial charge in [-0.15, -0.1) is 0 Å². The third-order valence-electron chi connectivity index (χ3n) is 4.63. The molecule has 0 bridgehead atoms. The van der Waals surface area contributed by atoms with E-state index in [1.807, 2.05) is 30.2 Å². The lowest BCUT2D eigenvalue weighted by Gasteiger charge is -2.28. The number of hydrogen-bond acceptors (Lipinski definition) is 4. The molecule has 0 spiro atoms. The summed E-state index contributed by atoms with van der Waals surface area (Å²) in [5, 5.41) is 4.69. The van der Waals surface area contributed by atoms with E-state index in [-0.39, 0.29) is 17.6 Å². The molecule has 7 heteroatoms. The Hall–Kier alpha value is -2.34. The molecule has 0 unspecified atom stereocenters. The van der Waals surface area contributed by atoms with Crippen LogP contribution < -0.4 is 0 Å². The van der Waals surface area contributed by atoms with Gasteiger partial charge in [-0.05, 0) is 37.5 Å². The molecule has 3 aromatic heterocycles. The van der Waals surface area contributed by atoms with E-state index in [0.717, 1.165) is 37.0 Å². The zero-order valence-electron chi connectivity index (χ0n) is 14.0. The molecule has 1 fully saturated rings. The number of nitrogens with zero attached hydrogens (tertiary/aromatic N) is 4. The predicted octanol–water partition coefficient (Wildman–Crippen LogP) is 4.04. The maximum absolute atomic E-state index is 13.2. The molecule has 6 nitrogen and oxygen atoms in total. The highest BCUT2D eigenvalue weighted by Gasteiger charge is 2.32. The van der Waals surface area contributed by atoms with Crippen molar-refractivity contribution in [1.82, 2.24) is 19.5 Å². The van der Waals surface area contributed by atoms with Gasteiger partial charge in [0.15, 0.2) is 11.3 Å². The third-order valence-corrected chi connectivity index (χ3v) is 4.98. The number of aryl methyl sites for hydroxylation is 1. The van der Waals surface area contributed by atoms with Gasteiger partial charge in [-0.2, -0.15) is 5.10 Å². The van der Waals surface area contributed by atoms with Crippen molar-refractivity contribution in [1.29, 1.82) is 0 Å². The van der Waals surface area contributed by atoms with Gasteiger partial charge in [-0.25, -0.2) is 9.50 Å².